The van der Waals surface area contributed by atoms with E-state index in [1.54, 1.807) is 12.1 Å². The first-order valence-electron chi connectivity index (χ1n) is 11.2. The average molecular weight is 473 g/mol. The molecule has 176 valence electrons. The Balaban J connectivity index is 1.19. The van der Waals surface area contributed by atoms with E-state index in [-0.39, 0.29) is 18.4 Å². The topological polar surface area (TPSA) is 83.1 Å². The predicted octanol–water partition coefficient (Wildman–Crippen LogP) is 2.37. The molecule has 2 aromatic carbocycles. The number of halogens is 1. The third kappa shape index (κ3) is 6.83. The fourth-order valence-corrected chi connectivity index (χ4v) is 4.03. The Labute approximate surface area is 198 Å². The average Bonchev–Trinajstić information content (AvgIpc) is 3.05. The summed E-state index contributed by atoms with van der Waals surface area (Å²) in [5, 5.41) is 6.25. The number of rotatable bonds is 7. The molecule has 0 aromatic heterocycles. The second kappa shape index (κ2) is 11.4. The Morgan fingerprint density at radius 3 is 2.15 bits per heavy atom. The molecule has 2 aromatic rings. The highest BCUT2D eigenvalue weighted by molar-refractivity contribution is 6.34. The number of fused-ring (bicyclic) bond motifs is 1. The molecular weight excluding hydrogens is 444 g/mol. The van der Waals surface area contributed by atoms with Crippen molar-refractivity contribution >= 4 is 29.1 Å². The largest absolute Gasteiger partial charge is 0.490 e. The number of piperazine rings is 1. The molecular formula is C24H29ClN4O4. The van der Waals surface area contributed by atoms with E-state index in [4.69, 9.17) is 21.1 Å². The molecule has 8 nitrogen and oxygen atoms in total. The van der Waals surface area contributed by atoms with E-state index in [9.17, 15) is 9.59 Å². The number of carbonyl (C=O) groups is 2. The van der Waals surface area contributed by atoms with E-state index in [1.807, 2.05) is 30.3 Å². The lowest BCUT2D eigenvalue weighted by Gasteiger charge is -2.33. The molecule has 0 atom stereocenters. The Morgan fingerprint density at radius 2 is 1.48 bits per heavy atom. The summed E-state index contributed by atoms with van der Waals surface area (Å²) in [7, 11) is 0. The van der Waals surface area contributed by atoms with Crippen molar-refractivity contribution in [3.05, 3.63) is 53.1 Å². The Morgan fingerprint density at radius 1 is 0.879 bits per heavy atom. The summed E-state index contributed by atoms with van der Waals surface area (Å²) in [6.07, 6.45) is 0.800. The zero-order valence-electron chi connectivity index (χ0n) is 18.5. The van der Waals surface area contributed by atoms with Crippen molar-refractivity contribution in [1.82, 2.24) is 15.1 Å². The molecule has 2 heterocycles. The van der Waals surface area contributed by atoms with Gasteiger partial charge in [-0.3, -0.25) is 19.4 Å². The maximum absolute atomic E-state index is 12.6. The molecule has 0 aliphatic carbocycles. The van der Waals surface area contributed by atoms with Crippen molar-refractivity contribution in [3.8, 4) is 11.5 Å². The van der Waals surface area contributed by atoms with Gasteiger partial charge >= 0.3 is 0 Å². The fourth-order valence-electron chi connectivity index (χ4n) is 3.83. The van der Waals surface area contributed by atoms with Crippen LogP contribution < -0.4 is 20.1 Å². The van der Waals surface area contributed by atoms with Crippen LogP contribution in [0.25, 0.3) is 0 Å². The number of anilines is 1. The summed E-state index contributed by atoms with van der Waals surface area (Å²) in [4.78, 5) is 29.0. The molecule has 4 rings (SSSR count). The lowest BCUT2D eigenvalue weighted by molar-refractivity contribution is -0.123. The number of nitrogens with zero attached hydrogens (tertiary/aromatic N) is 2. The van der Waals surface area contributed by atoms with E-state index in [0.29, 0.717) is 61.6 Å². The first-order chi connectivity index (χ1) is 16.1. The minimum Gasteiger partial charge on any atom is -0.490 e. The molecule has 0 saturated carbocycles. The summed E-state index contributed by atoms with van der Waals surface area (Å²) in [5.74, 6) is 1.06. The van der Waals surface area contributed by atoms with Gasteiger partial charge in [-0.05, 0) is 5.56 Å². The van der Waals surface area contributed by atoms with E-state index in [1.165, 1.54) is 0 Å². The van der Waals surface area contributed by atoms with Crippen LogP contribution >= 0.6 is 11.6 Å². The van der Waals surface area contributed by atoms with Crippen molar-refractivity contribution in [2.75, 3.05) is 57.8 Å². The van der Waals surface area contributed by atoms with Gasteiger partial charge in [0.05, 0.1) is 37.0 Å². The van der Waals surface area contributed by atoms with Gasteiger partial charge in [-0.1, -0.05) is 41.9 Å². The summed E-state index contributed by atoms with van der Waals surface area (Å²) in [6, 6.07) is 13.2. The number of benzene rings is 2. The van der Waals surface area contributed by atoms with Crippen molar-refractivity contribution in [1.29, 1.82) is 0 Å². The summed E-state index contributed by atoms with van der Waals surface area (Å²) in [5.41, 5.74) is 1.59. The van der Waals surface area contributed by atoms with Crippen LogP contribution in [0.4, 0.5) is 5.69 Å². The van der Waals surface area contributed by atoms with Crippen molar-refractivity contribution in [3.63, 3.8) is 0 Å². The molecule has 2 N–H and O–H groups in total. The van der Waals surface area contributed by atoms with Crippen LogP contribution in [0.3, 0.4) is 0 Å². The number of ether oxygens (including phenoxy) is 2. The second-order valence-electron chi connectivity index (χ2n) is 8.19. The van der Waals surface area contributed by atoms with Crippen LogP contribution in [0, 0.1) is 0 Å². The van der Waals surface area contributed by atoms with Crippen LogP contribution in [0.2, 0.25) is 5.02 Å². The van der Waals surface area contributed by atoms with Gasteiger partial charge in [0.25, 0.3) is 0 Å². The first-order valence-corrected chi connectivity index (χ1v) is 11.6. The smallest absolute Gasteiger partial charge is 0.238 e. The molecule has 9 heteroatoms. The minimum absolute atomic E-state index is 0.00842. The molecule has 0 bridgehead atoms. The zero-order chi connectivity index (χ0) is 23.0. The number of carbonyl (C=O) groups excluding carboxylic acids is 2. The molecule has 0 radical (unpaired) electrons. The molecule has 33 heavy (non-hydrogen) atoms. The van der Waals surface area contributed by atoms with Gasteiger partial charge in [0.1, 0.15) is 0 Å². The van der Waals surface area contributed by atoms with Gasteiger partial charge in [-0.15, -0.1) is 0 Å². The van der Waals surface area contributed by atoms with Gasteiger partial charge in [0, 0.05) is 51.3 Å². The highest BCUT2D eigenvalue weighted by Crippen LogP contribution is 2.37. The first kappa shape index (κ1) is 23.4. The molecule has 2 aliphatic heterocycles. The maximum Gasteiger partial charge on any atom is 0.238 e. The summed E-state index contributed by atoms with van der Waals surface area (Å²) in [6.45, 7) is 5.20. The highest BCUT2D eigenvalue weighted by Gasteiger charge is 2.21. The number of nitrogens with one attached hydrogen (secondary N) is 2. The second-order valence-corrected chi connectivity index (χ2v) is 8.60. The quantitative estimate of drug-likeness (QED) is 0.643. The molecule has 1 saturated heterocycles. The Hall–Kier alpha value is -2.81. The van der Waals surface area contributed by atoms with E-state index in [0.717, 1.165) is 25.1 Å². The van der Waals surface area contributed by atoms with Crippen LogP contribution in [-0.4, -0.2) is 74.1 Å². The monoisotopic (exact) mass is 472 g/mol. The van der Waals surface area contributed by atoms with E-state index in [2.05, 4.69) is 20.4 Å². The Kier molecular flexibility index (Phi) is 8.04. The lowest BCUT2D eigenvalue weighted by atomic mass is 10.2. The van der Waals surface area contributed by atoms with Gasteiger partial charge in [0.15, 0.2) is 11.5 Å². The van der Waals surface area contributed by atoms with Crippen molar-refractivity contribution in [2.24, 2.45) is 0 Å². The molecule has 2 amide bonds. The standard InChI is InChI=1S/C24H29ClN4O4/c25-19-13-21-22(33-12-4-11-32-21)14-20(19)27-24(31)17-29-9-7-28(8-10-29)16-23(30)26-15-18-5-2-1-3-6-18/h1-3,5-6,13-14H,4,7-12,15-17H2,(H,26,30)(H,27,31). The molecule has 1 fully saturated rings. The maximum atomic E-state index is 12.6. The van der Waals surface area contributed by atoms with Crippen LogP contribution in [0.1, 0.15) is 12.0 Å². The summed E-state index contributed by atoms with van der Waals surface area (Å²) >= 11 is 6.33. The lowest BCUT2D eigenvalue weighted by Crippen LogP contribution is -2.50. The predicted molar refractivity (Wildman–Crippen MR) is 127 cm³/mol. The van der Waals surface area contributed by atoms with Gasteiger partial charge in [-0.2, -0.15) is 0 Å². The summed E-state index contributed by atoms with van der Waals surface area (Å²) < 4.78 is 11.3. The SMILES string of the molecule is O=C(CN1CCN(CC(=O)Nc2cc3c(cc2Cl)OCCCO3)CC1)NCc1ccccc1. The van der Waals surface area contributed by atoms with E-state index >= 15 is 0 Å². The zero-order valence-corrected chi connectivity index (χ0v) is 19.3. The number of hydrogen-bond donors (Lipinski definition) is 2. The van der Waals surface area contributed by atoms with Crippen LogP contribution in [0.15, 0.2) is 42.5 Å². The molecule has 0 unspecified atom stereocenters. The van der Waals surface area contributed by atoms with Crippen molar-refractivity contribution in [2.45, 2.75) is 13.0 Å². The van der Waals surface area contributed by atoms with Gasteiger partial charge < -0.3 is 20.1 Å². The third-order valence-electron chi connectivity index (χ3n) is 5.64. The van der Waals surface area contributed by atoms with Gasteiger partial charge in [-0.25, -0.2) is 0 Å². The number of hydrogen-bond acceptors (Lipinski definition) is 6. The Bertz CT molecular complexity index is 964. The van der Waals surface area contributed by atoms with Crippen molar-refractivity contribution < 1.29 is 19.1 Å². The van der Waals surface area contributed by atoms with Crippen LogP contribution in [0.5, 0.6) is 11.5 Å². The molecule has 2 aliphatic rings. The normalized spacial score (nSPS) is 16.6. The number of amides is 2. The fraction of sp³-hybridized carbons (Fsp3) is 0.417. The minimum atomic E-state index is -0.138. The third-order valence-corrected chi connectivity index (χ3v) is 5.96. The van der Waals surface area contributed by atoms with Crippen LogP contribution in [-0.2, 0) is 16.1 Å². The highest BCUT2D eigenvalue weighted by atomic mass is 35.5. The molecule has 0 spiro atoms. The van der Waals surface area contributed by atoms with E-state index < -0.39 is 0 Å². The van der Waals surface area contributed by atoms with Gasteiger partial charge in [0.2, 0.25) is 11.8 Å².